The molecule has 3 aromatic carbocycles. The number of thioether (sulfide) groups is 1. The minimum Gasteiger partial charge on any atom is -0.493 e. The topological polar surface area (TPSA) is 30.8 Å². The van der Waals surface area contributed by atoms with E-state index >= 15 is 0 Å². The summed E-state index contributed by atoms with van der Waals surface area (Å²) in [4.78, 5) is 5.98. The van der Waals surface area contributed by atoms with Crippen molar-refractivity contribution in [1.82, 2.24) is 0 Å². The van der Waals surface area contributed by atoms with Gasteiger partial charge in [0.25, 0.3) is 0 Å². The molecule has 0 fully saturated rings. The van der Waals surface area contributed by atoms with Crippen LogP contribution in [0.15, 0.2) is 101 Å². The maximum absolute atomic E-state index is 5.89. The van der Waals surface area contributed by atoms with Crippen molar-refractivity contribution in [3.05, 3.63) is 96.3 Å². The summed E-state index contributed by atoms with van der Waals surface area (Å²) in [5.74, 6) is 1.36. The molecular weight excluding hydrogens is 366 g/mol. The van der Waals surface area contributed by atoms with Crippen molar-refractivity contribution in [1.29, 1.82) is 0 Å². The molecule has 0 spiro atoms. The van der Waals surface area contributed by atoms with Gasteiger partial charge in [0.1, 0.15) is 5.04 Å². The van der Waals surface area contributed by atoms with Crippen molar-refractivity contribution in [3.63, 3.8) is 0 Å². The van der Waals surface area contributed by atoms with E-state index in [1.807, 2.05) is 61.5 Å². The molecule has 0 aliphatic heterocycles. The lowest BCUT2D eigenvalue weighted by Crippen LogP contribution is -1.98. The van der Waals surface area contributed by atoms with E-state index in [0.29, 0.717) is 11.5 Å². The SMILES string of the molecule is COc1ccccc1O/C=C(C)/C(=N/c1ccccc1)Sc1cccc(C)c1. The number of aryl methyl sites for hydroxylation is 1. The van der Waals surface area contributed by atoms with Gasteiger partial charge in [-0.2, -0.15) is 0 Å². The summed E-state index contributed by atoms with van der Waals surface area (Å²) < 4.78 is 11.2. The van der Waals surface area contributed by atoms with Gasteiger partial charge in [0.05, 0.1) is 19.1 Å². The van der Waals surface area contributed by atoms with Crippen LogP contribution in [0, 0.1) is 6.92 Å². The van der Waals surface area contributed by atoms with E-state index in [0.717, 1.165) is 21.2 Å². The number of methoxy groups -OCH3 is 1. The molecule has 0 amide bonds. The summed E-state index contributed by atoms with van der Waals surface area (Å²) in [7, 11) is 1.63. The number of hydrogen-bond acceptors (Lipinski definition) is 4. The maximum atomic E-state index is 5.89. The van der Waals surface area contributed by atoms with Gasteiger partial charge in [0, 0.05) is 10.5 Å². The highest BCUT2D eigenvalue weighted by atomic mass is 32.2. The largest absolute Gasteiger partial charge is 0.493 e. The van der Waals surface area contributed by atoms with Crippen molar-refractivity contribution in [3.8, 4) is 11.5 Å². The number of benzene rings is 3. The van der Waals surface area contributed by atoms with E-state index in [2.05, 4.69) is 31.2 Å². The second-order valence-electron chi connectivity index (χ2n) is 6.24. The molecule has 0 N–H and O–H groups in total. The Morgan fingerprint density at radius 2 is 1.61 bits per heavy atom. The number of hydrogen-bond donors (Lipinski definition) is 0. The Hall–Kier alpha value is -2.98. The van der Waals surface area contributed by atoms with E-state index in [1.165, 1.54) is 5.56 Å². The number of aliphatic imine (C=N–C) groups is 1. The minimum atomic E-state index is 0.670. The average molecular weight is 390 g/mol. The first-order chi connectivity index (χ1) is 13.7. The molecule has 3 nitrogen and oxygen atoms in total. The molecule has 0 aliphatic rings. The summed E-state index contributed by atoms with van der Waals surface area (Å²) in [6, 6.07) is 25.9. The average Bonchev–Trinajstić information content (AvgIpc) is 2.72. The van der Waals surface area contributed by atoms with Gasteiger partial charge in [-0.05, 0) is 50.2 Å². The lowest BCUT2D eigenvalue weighted by atomic mass is 10.2. The Labute approximate surface area is 170 Å². The summed E-state index contributed by atoms with van der Waals surface area (Å²) in [6.45, 7) is 4.09. The zero-order chi connectivity index (χ0) is 19.8. The van der Waals surface area contributed by atoms with Gasteiger partial charge in [0.15, 0.2) is 11.5 Å². The van der Waals surface area contributed by atoms with Crippen molar-refractivity contribution >= 4 is 22.5 Å². The van der Waals surface area contributed by atoms with Crippen molar-refractivity contribution in [2.24, 2.45) is 4.99 Å². The number of para-hydroxylation sites is 3. The van der Waals surface area contributed by atoms with Crippen LogP contribution in [0.3, 0.4) is 0 Å². The molecule has 3 rings (SSSR count). The Morgan fingerprint density at radius 1 is 0.893 bits per heavy atom. The van der Waals surface area contributed by atoms with Crippen LogP contribution in [0.25, 0.3) is 0 Å². The molecule has 0 saturated heterocycles. The van der Waals surface area contributed by atoms with Crippen LogP contribution >= 0.6 is 11.8 Å². The zero-order valence-corrected chi connectivity index (χ0v) is 17.1. The normalized spacial score (nSPS) is 12.0. The number of nitrogens with zero attached hydrogens (tertiary/aromatic N) is 1. The summed E-state index contributed by atoms with van der Waals surface area (Å²) in [5, 5.41) is 0.881. The van der Waals surface area contributed by atoms with Crippen molar-refractivity contribution in [2.45, 2.75) is 18.7 Å². The lowest BCUT2D eigenvalue weighted by molar-refractivity contribution is 0.377. The molecule has 4 heteroatoms. The van der Waals surface area contributed by atoms with Crippen LogP contribution in [-0.2, 0) is 0 Å². The molecule has 28 heavy (non-hydrogen) atoms. The molecule has 0 aromatic heterocycles. The predicted octanol–water partition coefficient (Wildman–Crippen LogP) is 6.81. The van der Waals surface area contributed by atoms with E-state index in [1.54, 1.807) is 25.1 Å². The van der Waals surface area contributed by atoms with Gasteiger partial charge in [-0.15, -0.1) is 0 Å². The molecule has 0 atom stereocenters. The Kier molecular flexibility index (Phi) is 6.93. The number of rotatable bonds is 6. The fourth-order valence-corrected chi connectivity index (χ4v) is 3.50. The van der Waals surface area contributed by atoms with Gasteiger partial charge in [-0.3, -0.25) is 0 Å². The Bertz CT molecular complexity index is 981. The first-order valence-electron chi connectivity index (χ1n) is 9.01. The molecule has 0 heterocycles. The van der Waals surface area contributed by atoms with E-state index in [4.69, 9.17) is 14.5 Å². The standard InChI is InChI=1S/C24H23NO2S/c1-18-10-9-13-21(16-18)28-24(25-20-11-5-4-6-12-20)19(2)17-27-23-15-8-7-14-22(23)26-3/h4-17H,1-3H3/b19-17+,25-24-. The fourth-order valence-electron chi connectivity index (χ4n) is 2.52. The lowest BCUT2D eigenvalue weighted by Gasteiger charge is -2.10. The number of ether oxygens (including phenoxy) is 2. The van der Waals surface area contributed by atoms with Gasteiger partial charge >= 0.3 is 0 Å². The summed E-state index contributed by atoms with van der Waals surface area (Å²) in [6.07, 6.45) is 1.72. The van der Waals surface area contributed by atoms with E-state index in [-0.39, 0.29) is 0 Å². The van der Waals surface area contributed by atoms with Crippen molar-refractivity contribution < 1.29 is 9.47 Å². The highest BCUT2D eigenvalue weighted by Gasteiger charge is 2.09. The minimum absolute atomic E-state index is 0.670. The molecule has 0 unspecified atom stereocenters. The Morgan fingerprint density at radius 3 is 2.32 bits per heavy atom. The molecule has 142 valence electrons. The van der Waals surface area contributed by atoms with Crippen LogP contribution < -0.4 is 9.47 Å². The highest BCUT2D eigenvalue weighted by Crippen LogP contribution is 2.29. The van der Waals surface area contributed by atoms with Gasteiger partial charge in [0.2, 0.25) is 0 Å². The van der Waals surface area contributed by atoms with Crippen LogP contribution in [0.4, 0.5) is 5.69 Å². The first-order valence-corrected chi connectivity index (χ1v) is 9.82. The third kappa shape index (κ3) is 5.51. The van der Waals surface area contributed by atoms with Gasteiger partial charge in [-0.1, -0.05) is 59.8 Å². The zero-order valence-electron chi connectivity index (χ0n) is 16.3. The third-order valence-corrected chi connectivity index (χ3v) is 5.06. The molecule has 0 saturated carbocycles. The smallest absolute Gasteiger partial charge is 0.168 e. The van der Waals surface area contributed by atoms with E-state index < -0.39 is 0 Å². The maximum Gasteiger partial charge on any atom is 0.168 e. The van der Waals surface area contributed by atoms with Crippen LogP contribution in [0.5, 0.6) is 11.5 Å². The second-order valence-corrected chi connectivity index (χ2v) is 7.30. The van der Waals surface area contributed by atoms with E-state index in [9.17, 15) is 0 Å². The van der Waals surface area contributed by atoms with Crippen LogP contribution in [-0.4, -0.2) is 12.2 Å². The highest BCUT2D eigenvalue weighted by molar-refractivity contribution is 8.14. The quantitative estimate of drug-likeness (QED) is 0.201. The predicted molar refractivity (Wildman–Crippen MR) is 118 cm³/mol. The fraction of sp³-hybridized carbons (Fsp3) is 0.125. The second kappa shape index (κ2) is 9.81. The summed E-state index contributed by atoms with van der Waals surface area (Å²) >= 11 is 1.62. The molecule has 0 bridgehead atoms. The molecule has 0 aliphatic carbocycles. The van der Waals surface area contributed by atoms with Crippen LogP contribution in [0.1, 0.15) is 12.5 Å². The van der Waals surface area contributed by atoms with Crippen LogP contribution in [0.2, 0.25) is 0 Å². The monoisotopic (exact) mass is 389 g/mol. The molecular formula is C24H23NO2S. The molecule has 3 aromatic rings. The summed E-state index contributed by atoms with van der Waals surface area (Å²) in [5.41, 5.74) is 3.06. The third-order valence-electron chi connectivity index (χ3n) is 3.96. The van der Waals surface area contributed by atoms with Gasteiger partial charge < -0.3 is 9.47 Å². The Balaban J connectivity index is 1.90. The molecule has 0 radical (unpaired) electrons. The van der Waals surface area contributed by atoms with Crippen molar-refractivity contribution in [2.75, 3.05) is 7.11 Å². The first kappa shape index (κ1) is 19.8. The van der Waals surface area contributed by atoms with Gasteiger partial charge in [-0.25, -0.2) is 4.99 Å².